The summed E-state index contributed by atoms with van der Waals surface area (Å²) in [5.74, 6) is -0.0517. The topological polar surface area (TPSA) is 91.3 Å². The van der Waals surface area contributed by atoms with Gasteiger partial charge in [0.15, 0.2) is 0 Å². The first-order valence-corrected chi connectivity index (χ1v) is 11.9. The van der Waals surface area contributed by atoms with E-state index in [4.69, 9.17) is 14.6 Å². The summed E-state index contributed by atoms with van der Waals surface area (Å²) in [6.07, 6.45) is 7.54. The first-order chi connectivity index (χ1) is 14.9. The number of aliphatic hydroxyl groups is 1. The molecule has 8 nitrogen and oxygen atoms in total. The van der Waals surface area contributed by atoms with Gasteiger partial charge in [-0.2, -0.15) is 0 Å². The smallest absolute Gasteiger partial charge is 0.242 e. The predicted molar refractivity (Wildman–Crippen MR) is 122 cm³/mol. The average Bonchev–Trinajstić information content (AvgIpc) is 3.17. The van der Waals surface area contributed by atoms with Gasteiger partial charge < -0.3 is 29.7 Å². The number of hydrogen-bond acceptors (Lipinski definition) is 6. The summed E-state index contributed by atoms with van der Waals surface area (Å²) in [6.45, 7) is 4.70. The van der Waals surface area contributed by atoms with Gasteiger partial charge in [0.25, 0.3) is 0 Å². The highest BCUT2D eigenvalue weighted by Crippen LogP contribution is 2.23. The molecule has 1 fully saturated rings. The Balaban J connectivity index is 2.53. The van der Waals surface area contributed by atoms with E-state index < -0.39 is 6.04 Å². The summed E-state index contributed by atoms with van der Waals surface area (Å²) >= 11 is 0. The zero-order chi connectivity index (χ0) is 23.1. The number of likely N-dealkylation sites (tertiary alicyclic amines) is 1. The molecule has 8 heteroatoms. The molecule has 2 amide bonds. The third kappa shape index (κ3) is 11.8. The number of carbonyl (C=O) groups excluding carboxylic acids is 2. The molecule has 3 unspecified atom stereocenters. The van der Waals surface area contributed by atoms with Crippen LogP contribution in [0.3, 0.4) is 0 Å². The molecule has 1 heterocycles. The van der Waals surface area contributed by atoms with Gasteiger partial charge in [-0.3, -0.25) is 9.59 Å². The number of hydrogen-bond donors (Lipinski definition) is 2. The van der Waals surface area contributed by atoms with Crippen LogP contribution in [-0.4, -0.2) is 99.0 Å². The van der Waals surface area contributed by atoms with Crippen molar-refractivity contribution in [2.75, 3.05) is 54.1 Å². The maximum atomic E-state index is 12.9. The Kier molecular flexibility index (Phi) is 14.7. The van der Waals surface area contributed by atoms with Gasteiger partial charge in [0.05, 0.1) is 12.2 Å². The molecule has 0 aliphatic carbocycles. The van der Waals surface area contributed by atoms with Crippen LogP contribution in [-0.2, 0) is 19.1 Å². The molecule has 1 aliphatic rings. The highest BCUT2D eigenvalue weighted by molar-refractivity contribution is 5.88. The van der Waals surface area contributed by atoms with Gasteiger partial charge in [0.2, 0.25) is 11.8 Å². The first kappa shape index (κ1) is 27.8. The normalized spacial score (nSPS) is 19.7. The molecule has 3 atom stereocenters. The van der Waals surface area contributed by atoms with Crippen molar-refractivity contribution in [3.63, 3.8) is 0 Å². The molecule has 0 radical (unpaired) electrons. The Bertz CT molecular complexity index is 504. The Morgan fingerprint density at radius 2 is 1.90 bits per heavy atom. The minimum atomic E-state index is -0.452. The van der Waals surface area contributed by atoms with Crippen molar-refractivity contribution in [1.29, 1.82) is 0 Å². The van der Waals surface area contributed by atoms with Crippen molar-refractivity contribution < 1.29 is 24.2 Å². The largest absolute Gasteiger partial charge is 0.396 e. The van der Waals surface area contributed by atoms with Gasteiger partial charge in [0.1, 0.15) is 6.04 Å². The molecule has 2 N–H and O–H groups in total. The number of amides is 2. The van der Waals surface area contributed by atoms with Crippen molar-refractivity contribution in [3.05, 3.63) is 0 Å². The van der Waals surface area contributed by atoms with Crippen LogP contribution in [0.2, 0.25) is 0 Å². The number of nitrogens with zero attached hydrogens (tertiary/aromatic N) is 2. The highest BCUT2D eigenvalue weighted by Gasteiger charge is 2.39. The van der Waals surface area contributed by atoms with Crippen LogP contribution < -0.4 is 5.32 Å². The van der Waals surface area contributed by atoms with Crippen LogP contribution in [0, 0.1) is 0 Å². The molecule has 0 spiro atoms. The SMILES string of the molecule is COC(C)CCCCC(=O)N1CC(OCCCCCCO)CC1C(=O)NCCN(C)C. The summed E-state index contributed by atoms with van der Waals surface area (Å²) in [4.78, 5) is 29.4. The fourth-order valence-electron chi connectivity index (χ4n) is 3.75. The van der Waals surface area contributed by atoms with Gasteiger partial charge in [-0.15, -0.1) is 0 Å². The van der Waals surface area contributed by atoms with E-state index in [9.17, 15) is 9.59 Å². The Labute approximate surface area is 188 Å². The second kappa shape index (κ2) is 16.4. The predicted octanol–water partition coefficient (Wildman–Crippen LogP) is 1.80. The lowest BCUT2D eigenvalue weighted by Gasteiger charge is -2.24. The Morgan fingerprint density at radius 3 is 2.58 bits per heavy atom. The molecule has 182 valence electrons. The van der Waals surface area contributed by atoms with E-state index in [1.165, 1.54) is 0 Å². The second-order valence-electron chi connectivity index (χ2n) is 8.81. The lowest BCUT2D eigenvalue weighted by atomic mass is 10.1. The number of unbranched alkanes of at least 4 members (excludes halogenated alkanes) is 4. The number of carbonyl (C=O) groups is 2. The van der Waals surface area contributed by atoms with E-state index >= 15 is 0 Å². The molecule has 31 heavy (non-hydrogen) atoms. The molecule has 0 saturated carbocycles. The minimum absolute atomic E-state index is 0.0341. The third-order valence-corrected chi connectivity index (χ3v) is 5.80. The zero-order valence-electron chi connectivity index (χ0n) is 20.1. The van der Waals surface area contributed by atoms with Crippen LogP contribution in [0.15, 0.2) is 0 Å². The molecule has 0 aromatic rings. The maximum absolute atomic E-state index is 12.9. The van der Waals surface area contributed by atoms with Crippen molar-refractivity contribution in [3.8, 4) is 0 Å². The number of ether oxygens (including phenoxy) is 2. The maximum Gasteiger partial charge on any atom is 0.242 e. The van der Waals surface area contributed by atoms with E-state index in [2.05, 4.69) is 5.32 Å². The molecule has 0 bridgehead atoms. The lowest BCUT2D eigenvalue weighted by molar-refractivity contribution is -0.138. The number of likely N-dealkylation sites (N-methyl/N-ethyl adjacent to an activating group) is 1. The Morgan fingerprint density at radius 1 is 1.16 bits per heavy atom. The van der Waals surface area contributed by atoms with E-state index in [-0.39, 0.29) is 30.6 Å². The quantitative estimate of drug-likeness (QED) is 0.333. The molecule has 0 aromatic heterocycles. The summed E-state index contributed by atoms with van der Waals surface area (Å²) < 4.78 is 11.3. The fraction of sp³-hybridized carbons (Fsp3) is 0.913. The molecule has 1 aliphatic heterocycles. The van der Waals surface area contributed by atoms with Crippen molar-refractivity contribution in [1.82, 2.24) is 15.1 Å². The molecule has 0 aromatic carbocycles. The molecular formula is C23H45N3O5. The number of methoxy groups -OCH3 is 1. The second-order valence-corrected chi connectivity index (χ2v) is 8.81. The summed E-state index contributed by atoms with van der Waals surface area (Å²) in [5, 5.41) is 11.8. The Hall–Kier alpha value is -1.22. The molecular weight excluding hydrogens is 398 g/mol. The van der Waals surface area contributed by atoms with Crippen LogP contribution in [0.1, 0.15) is 64.7 Å². The summed E-state index contributed by atoms with van der Waals surface area (Å²) in [6, 6.07) is -0.452. The van der Waals surface area contributed by atoms with Crippen molar-refractivity contribution >= 4 is 11.8 Å². The van der Waals surface area contributed by atoms with Crippen molar-refractivity contribution in [2.45, 2.75) is 83.0 Å². The van der Waals surface area contributed by atoms with E-state index in [1.807, 2.05) is 25.9 Å². The molecule has 1 rings (SSSR count). The number of aliphatic hydroxyl groups excluding tert-OH is 1. The fourth-order valence-corrected chi connectivity index (χ4v) is 3.75. The van der Waals surface area contributed by atoms with Crippen molar-refractivity contribution in [2.24, 2.45) is 0 Å². The lowest BCUT2D eigenvalue weighted by Crippen LogP contribution is -2.47. The van der Waals surface area contributed by atoms with E-state index in [0.717, 1.165) is 51.5 Å². The summed E-state index contributed by atoms with van der Waals surface area (Å²) in [5.41, 5.74) is 0. The number of nitrogens with one attached hydrogen (secondary N) is 1. The van der Waals surface area contributed by atoms with Crippen LogP contribution in [0.5, 0.6) is 0 Å². The standard InChI is InChI=1S/C23H45N3O5/c1-19(30-4)11-7-8-12-22(28)26-18-20(31-16-10-6-5-9-15-27)17-21(26)23(29)24-13-14-25(2)3/h19-21,27H,5-18H2,1-4H3,(H,24,29). The molecule has 1 saturated heterocycles. The van der Waals surface area contributed by atoms with Gasteiger partial charge in [-0.1, -0.05) is 19.3 Å². The summed E-state index contributed by atoms with van der Waals surface area (Å²) in [7, 11) is 5.63. The van der Waals surface area contributed by atoms with Crippen LogP contribution >= 0.6 is 0 Å². The van der Waals surface area contributed by atoms with Gasteiger partial charge in [-0.05, 0) is 46.7 Å². The van der Waals surface area contributed by atoms with E-state index in [1.54, 1.807) is 12.0 Å². The highest BCUT2D eigenvalue weighted by atomic mass is 16.5. The monoisotopic (exact) mass is 443 g/mol. The van der Waals surface area contributed by atoms with E-state index in [0.29, 0.717) is 32.5 Å². The third-order valence-electron chi connectivity index (χ3n) is 5.80. The number of rotatable bonds is 17. The van der Waals surface area contributed by atoms with Gasteiger partial charge in [-0.25, -0.2) is 0 Å². The zero-order valence-corrected chi connectivity index (χ0v) is 20.1. The van der Waals surface area contributed by atoms with Gasteiger partial charge >= 0.3 is 0 Å². The van der Waals surface area contributed by atoms with Crippen LogP contribution in [0.25, 0.3) is 0 Å². The minimum Gasteiger partial charge on any atom is -0.396 e. The van der Waals surface area contributed by atoms with Crippen LogP contribution in [0.4, 0.5) is 0 Å². The average molecular weight is 444 g/mol. The van der Waals surface area contributed by atoms with Gasteiger partial charge in [0, 0.05) is 52.8 Å². The first-order valence-electron chi connectivity index (χ1n) is 11.9.